The average Bonchev–Trinajstić information content (AvgIpc) is 3.36. The van der Waals surface area contributed by atoms with Gasteiger partial charge in [0.25, 0.3) is 0 Å². The highest BCUT2D eigenvalue weighted by molar-refractivity contribution is 7.47. The standard InChI is InChI=1S/C56H108O17P2/c1-7-9-11-24-32-38-53(58)66-44-51(72-55(60)40-34-25-12-10-8-2)46-70-74(62,63)68-42-50(57)43-69-75(64,65)71-47-52(45-67-54(59)39-33-28-22-19-15-17-21-27-31-37-49(5)6)73-56(61)41-35-29-23-18-14-13-16-20-26-30-36-48(3)4/h48-52,57H,7-47H2,1-6H3,(H,62,63)(H,64,65)/t50-,51+,52+/m0/s1. The average molecular weight is 1120 g/mol. The Morgan fingerprint density at radius 2 is 0.613 bits per heavy atom. The molecule has 3 N–H and O–H groups in total. The van der Waals surface area contributed by atoms with Crippen molar-refractivity contribution in [1.29, 1.82) is 0 Å². The number of phosphoric acid groups is 2. The molecule has 0 saturated carbocycles. The molecule has 444 valence electrons. The van der Waals surface area contributed by atoms with Crippen molar-refractivity contribution < 1.29 is 80.2 Å². The van der Waals surface area contributed by atoms with Crippen LogP contribution in [0.1, 0.15) is 266 Å². The van der Waals surface area contributed by atoms with E-state index in [9.17, 15) is 43.2 Å². The Balaban J connectivity index is 5.15. The first-order valence-corrected chi connectivity index (χ1v) is 32.5. The SMILES string of the molecule is CCCCCCCC(=O)OC[C@H](COP(=O)(O)OC[C@H](O)COP(=O)(O)OC[C@@H](COC(=O)CCCCCCCCCCCC(C)C)OC(=O)CCCCCCCCCCCCC(C)C)OC(=O)CCCCCCC. The summed E-state index contributed by atoms with van der Waals surface area (Å²) in [5.74, 6) is -0.672. The van der Waals surface area contributed by atoms with E-state index in [1.807, 2.05) is 0 Å². The number of ether oxygens (including phenoxy) is 4. The smallest absolute Gasteiger partial charge is 0.462 e. The Labute approximate surface area is 454 Å². The number of aliphatic hydroxyl groups is 1. The van der Waals surface area contributed by atoms with Crippen LogP contribution in [0, 0.1) is 11.8 Å². The van der Waals surface area contributed by atoms with Gasteiger partial charge in [-0.15, -0.1) is 0 Å². The van der Waals surface area contributed by atoms with Crippen LogP contribution in [0.4, 0.5) is 0 Å². The third-order valence-electron chi connectivity index (χ3n) is 12.7. The van der Waals surface area contributed by atoms with E-state index in [1.165, 1.54) is 77.0 Å². The molecule has 0 aromatic carbocycles. The first-order chi connectivity index (χ1) is 35.9. The van der Waals surface area contributed by atoms with Crippen LogP contribution in [0.2, 0.25) is 0 Å². The lowest BCUT2D eigenvalue weighted by molar-refractivity contribution is -0.161. The van der Waals surface area contributed by atoms with Gasteiger partial charge in [0.1, 0.15) is 19.3 Å². The minimum absolute atomic E-state index is 0.0983. The van der Waals surface area contributed by atoms with Crippen LogP contribution in [-0.4, -0.2) is 96.7 Å². The van der Waals surface area contributed by atoms with Gasteiger partial charge in [0.05, 0.1) is 26.4 Å². The van der Waals surface area contributed by atoms with E-state index >= 15 is 0 Å². The molecule has 0 aromatic heterocycles. The first-order valence-electron chi connectivity index (χ1n) is 29.5. The lowest BCUT2D eigenvalue weighted by Crippen LogP contribution is -2.30. The molecule has 0 aromatic rings. The topological polar surface area (TPSA) is 237 Å². The lowest BCUT2D eigenvalue weighted by Gasteiger charge is -2.21. The molecular weight excluding hydrogens is 1010 g/mol. The highest BCUT2D eigenvalue weighted by atomic mass is 31.2. The Kier molecular flexibility index (Phi) is 47.9. The highest BCUT2D eigenvalue weighted by Gasteiger charge is 2.30. The number of phosphoric ester groups is 2. The van der Waals surface area contributed by atoms with E-state index in [2.05, 4.69) is 41.5 Å². The number of esters is 4. The summed E-state index contributed by atoms with van der Waals surface area (Å²) in [7, 11) is -9.85. The Hall–Kier alpha value is -1.94. The van der Waals surface area contributed by atoms with Gasteiger partial charge in [0, 0.05) is 25.7 Å². The molecule has 2 unspecified atom stereocenters. The van der Waals surface area contributed by atoms with Crippen LogP contribution in [0.5, 0.6) is 0 Å². The summed E-state index contributed by atoms with van der Waals surface area (Å²) in [6.45, 7) is 9.22. The molecule has 17 nitrogen and oxygen atoms in total. The maximum absolute atomic E-state index is 12.9. The van der Waals surface area contributed by atoms with E-state index < -0.39 is 97.5 Å². The monoisotopic (exact) mass is 1110 g/mol. The maximum atomic E-state index is 12.9. The van der Waals surface area contributed by atoms with E-state index in [0.29, 0.717) is 25.7 Å². The van der Waals surface area contributed by atoms with Gasteiger partial charge in [0.2, 0.25) is 0 Å². The fourth-order valence-electron chi connectivity index (χ4n) is 8.12. The zero-order valence-electron chi connectivity index (χ0n) is 47.8. The number of carbonyl (C=O) groups excluding carboxylic acids is 4. The Morgan fingerprint density at radius 1 is 0.360 bits per heavy atom. The molecule has 0 fully saturated rings. The van der Waals surface area contributed by atoms with E-state index in [0.717, 1.165) is 108 Å². The van der Waals surface area contributed by atoms with E-state index in [-0.39, 0.29) is 25.7 Å². The van der Waals surface area contributed by atoms with Gasteiger partial charge in [-0.05, 0) is 37.5 Å². The lowest BCUT2D eigenvalue weighted by atomic mass is 10.0. The molecule has 0 aliphatic heterocycles. The molecule has 0 amide bonds. The minimum atomic E-state index is -4.93. The van der Waals surface area contributed by atoms with Crippen molar-refractivity contribution in [1.82, 2.24) is 0 Å². The number of carbonyl (C=O) groups is 4. The van der Waals surface area contributed by atoms with Gasteiger partial charge in [-0.3, -0.25) is 37.3 Å². The van der Waals surface area contributed by atoms with Crippen LogP contribution < -0.4 is 0 Å². The molecular formula is C56H108O17P2. The van der Waals surface area contributed by atoms with Crippen molar-refractivity contribution in [2.24, 2.45) is 11.8 Å². The van der Waals surface area contributed by atoms with Crippen LogP contribution in [0.25, 0.3) is 0 Å². The number of aliphatic hydroxyl groups excluding tert-OH is 1. The van der Waals surface area contributed by atoms with Crippen molar-refractivity contribution in [3.63, 3.8) is 0 Å². The molecule has 0 spiro atoms. The second kappa shape index (κ2) is 49.1. The van der Waals surface area contributed by atoms with Crippen LogP contribution in [0.15, 0.2) is 0 Å². The highest BCUT2D eigenvalue weighted by Crippen LogP contribution is 2.45. The molecule has 0 aliphatic carbocycles. The quantitative estimate of drug-likeness (QED) is 0.0222. The zero-order chi connectivity index (χ0) is 55.8. The van der Waals surface area contributed by atoms with Crippen molar-refractivity contribution in [2.75, 3.05) is 39.6 Å². The van der Waals surface area contributed by atoms with E-state index in [4.69, 9.17) is 37.0 Å². The normalized spacial score (nSPS) is 14.5. The largest absolute Gasteiger partial charge is 0.472 e. The predicted molar refractivity (Wildman–Crippen MR) is 294 cm³/mol. The van der Waals surface area contributed by atoms with Gasteiger partial charge in [-0.1, -0.05) is 215 Å². The second-order valence-corrected chi connectivity index (χ2v) is 24.2. The summed E-state index contributed by atoms with van der Waals surface area (Å²) in [5.41, 5.74) is 0. The fraction of sp³-hybridized carbons (Fsp3) is 0.929. The van der Waals surface area contributed by atoms with Crippen molar-refractivity contribution in [3.05, 3.63) is 0 Å². The van der Waals surface area contributed by atoms with Crippen LogP contribution in [0.3, 0.4) is 0 Å². The van der Waals surface area contributed by atoms with Crippen molar-refractivity contribution in [3.8, 4) is 0 Å². The second-order valence-electron chi connectivity index (χ2n) is 21.3. The molecule has 0 bridgehead atoms. The van der Waals surface area contributed by atoms with Crippen molar-refractivity contribution in [2.45, 2.75) is 285 Å². The summed E-state index contributed by atoms with van der Waals surface area (Å²) in [5, 5.41) is 10.4. The summed E-state index contributed by atoms with van der Waals surface area (Å²) >= 11 is 0. The Bertz CT molecular complexity index is 1500. The Morgan fingerprint density at radius 3 is 0.907 bits per heavy atom. The molecule has 0 saturated heterocycles. The number of hydrogen-bond acceptors (Lipinski definition) is 15. The van der Waals surface area contributed by atoms with Gasteiger partial charge >= 0.3 is 39.5 Å². The third-order valence-corrected chi connectivity index (χ3v) is 14.6. The number of rotatable bonds is 55. The molecule has 19 heteroatoms. The molecule has 0 heterocycles. The number of hydrogen-bond donors (Lipinski definition) is 3. The van der Waals surface area contributed by atoms with Gasteiger partial charge in [-0.25, -0.2) is 9.13 Å². The van der Waals surface area contributed by atoms with E-state index in [1.54, 1.807) is 0 Å². The summed E-state index contributed by atoms with van der Waals surface area (Å²) in [6, 6.07) is 0. The van der Waals surface area contributed by atoms with Gasteiger partial charge < -0.3 is 33.8 Å². The molecule has 0 radical (unpaired) electrons. The number of unbranched alkanes of at least 4 members (excludes halogenated alkanes) is 25. The molecule has 0 aliphatic rings. The zero-order valence-corrected chi connectivity index (χ0v) is 49.6. The molecule has 5 atom stereocenters. The summed E-state index contributed by atoms with van der Waals surface area (Å²) < 4.78 is 67.2. The van der Waals surface area contributed by atoms with Gasteiger partial charge in [-0.2, -0.15) is 0 Å². The van der Waals surface area contributed by atoms with Gasteiger partial charge in [0.15, 0.2) is 12.2 Å². The first kappa shape index (κ1) is 73.1. The minimum Gasteiger partial charge on any atom is -0.462 e. The maximum Gasteiger partial charge on any atom is 0.472 e. The molecule has 75 heavy (non-hydrogen) atoms. The predicted octanol–water partition coefficient (Wildman–Crippen LogP) is 14.5. The molecule has 0 rings (SSSR count). The van der Waals surface area contributed by atoms with Crippen LogP contribution >= 0.6 is 15.6 Å². The third kappa shape index (κ3) is 51.3. The fourth-order valence-corrected chi connectivity index (χ4v) is 9.70. The van der Waals surface area contributed by atoms with Crippen molar-refractivity contribution >= 4 is 39.5 Å². The van der Waals surface area contributed by atoms with Crippen LogP contribution in [-0.2, 0) is 65.4 Å². The summed E-state index contributed by atoms with van der Waals surface area (Å²) in [4.78, 5) is 71.3. The summed E-state index contributed by atoms with van der Waals surface area (Å²) in [6.07, 6.45) is 28.7.